The Labute approximate surface area is 85.4 Å². The standard InChI is InChI=1S/3Ag.Ga.3H. The van der Waals surface area contributed by atoms with Crippen LogP contribution in [0.3, 0.4) is 0 Å². The third kappa shape index (κ3) is 8.85. The van der Waals surface area contributed by atoms with Crippen LogP contribution in [0.4, 0.5) is 0 Å². The van der Waals surface area contributed by atoms with Gasteiger partial charge in [0, 0.05) is 67.1 Å². The fourth-order valence-corrected chi connectivity index (χ4v) is 0. The van der Waals surface area contributed by atoms with Gasteiger partial charge in [-0.25, -0.2) is 0 Å². The van der Waals surface area contributed by atoms with E-state index >= 15 is 0 Å². The molecule has 0 aliphatic heterocycles. The zero-order valence-corrected chi connectivity index (χ0v) is 5.35. The van der Waals surface area contributed by atoms with Crippen molar-refractivity contribution in [2.24, 2.45) is 0 Å². The molecule has 0 aromatic carbocycles. The van der Waals surface area contributed by atoms with Gasteiger partial charge in [-0.1, -0.05) is 0 Å². The molecule has 0 unspecified atom stereocenters. The first kappa shape index (κ1) is 28.8. The SMILES string of the molecule is [Ag].[Ag].[Ag].[GaH3]. The molecule has 0 saturated heterocycles. The topological polar surface area (TPSA) is 0 Å². The number of rotatable bonds is 0. The molecule has 0 rings (SSSR count). The minimum absolute atomic E-state index is 0. The molecular formula is H3Ag3Ga. The van der Waals surface area contributed by atoms with Gasteiger partial charge in [-0.3, -0.25) is 0 Å². The molecule has 0 bridgehead atoms. The normalized spacial score (nSPS) is 0. The van der Waals surface area contributed by atoms with Crippen molar-refractivity contribution < 1.29 is 67.1 Å². The summed E-state index contributed by atoms with van der Waals surface area (Å²) in [5.74, 6) is 0. The summed E-state index contributed by atoms with van der Waals surface area (Å²) in [7, 11) is 0. The van der Waals surface area contributed by atoms with E-state index in [9.17, 15) is 0 Å². The van der Waals surface area contributed by atoms with E-state index in [1.54, 1.807) is 0 Å². The predicted octanol–water partition coefficient (Wildman–Crippen LogP) is -1.19. The molecule has 4 heteroatoms. The Balaban J connectivity index is 0. The zero-order chi connectivity index (χ0) is 0. The van der Waals surface area contributed by atoms with Crippen LogP contribution in [0, 0.1) is 0 Å². The fraction of sp³-hybridized carbons (Fsp3) is 0. The van der Waals surface area contributed by atoms with Crippen LogP contribution in [0.25, 0.3) is 0 Å². The summed E-state index contributed by atoms with van der Waals surface area (Å²) in [6.45, 7) is 0. The van der Waals surface area contributed by atoms with E-state index in [0.717, 1.165) is 0 Å². The van der Waals surface area contributed by atoms with Gasteiger partial charge in [0.15, 0.2) is 0 Å². The molecule has 0 aromatic rings. The molecule has 0 aromatic heterocycles. The molecule has 0 nitrogen and oxygen atoms in total. The molecule has 39 valence electrons. The van der Waals surface area contributed by atoms with Crippen molar-refractivity contribution in [1.82, 2.24) is 0 Å². The second-order valence-electron chi connectivity index (χ2n) is 0. The Morgan fingerprint density at radius 1 is 0.500 bits per heavy atom. The summed E-state index contributed by atoms with van der Waals surface area (Å²) in [4.78, 5) is 0. The maximum absolute atomic E-state index is 0. The van der Waals surface area contributed by atoms with Crippen molar-refractivity contribution in [1.29, 1.82) is 0 Å². The van der Waals surface area contributed by atoms with Gasteiger partial charge in [0.25, 0.3) is 0 Å². The average Bonchev–Trinajstić information content (AvgIpc) is 0. The molecule has 0 spiro atoms. The van der Waals surface area contributed by atoms with Gasteiger partial charge in [-0.15, -0.1) is 0 Å². The first-order valence-electron chi connectivity index (χ1n) is 0. The monoisotopic (exact) mass is 393 g/mol. The second-order valence-corrected chi connectivity index (χ2v) is 0. The van der Waals surface area contributed by atoms with Crippen LogP contribution in [0.2, 0.25) is 0 Å². The van der Waals surface area contributed by atoms with Crippen LogP contribution in [-0.4, -0.2) is 19.8 Å². The van der Waals surface area contributed by atoms with Crippen molar-refractivity contribution in [2.45, 2.75) is 0 Å². The number of hydrogen-bond donors (Lipinski definition) is 0. The summed E-state index contributed by atoms with van der Waals surface area (Å²) in [6, 6.07) is 0. The van der Waals surface area contributed by atoms with Crippen molar-refractivity contribution in [3.8, 4) is 0 Å². The summed E-state index contributed by atoms with van der Waals surface area (Å²) in [5, 5.41) is 0. The first-order chi connectivity index (χ1) is 0. The van der Waals surface area contributed by atoms with E-state index in [4.69, 9.17) is 0 Å². The third-order valence-corrected chi connectivity index (χ3v) is 0. The Bertz CT molecular complexity index is 3.25. The average molecular weight is 396 g/mol. The first-order valence-corrected chi connectivity index (χ1v) is 0. The Hall–Kier alpha value is 2.86. The Morgan fingerprint density at radius 2 is 0.500 bits per heavy atom. The molecule has 0 heterocycles. The van der Waals surface area contributed by atoms with Gasteiger partial charge in [0.2, 0.25) is 0 Å². The molecule has 4 heavy (non-hydrogen) atoms. The van der Waals surface area contributed by atoms with Crippen molar-refractivity contribution >= 4 is 19.8 Å². The minimum atomic E-state index is 0. The van der Waals surface area contributed by atoms with Crippen molar-refractivity contribution in [3.63, 3.8) is 0 Å². The molecule has 0 N–H and O–H groups in total. The Kier molecular flexibility index (Phi) is 122. The molecular weight excluding hydrogens is 393 g/mol. The van der Waals surface area contributed by atoms with Crippen LogP contribution in [0.5, 0.6) is 0 Å². The quantitative estimate of drug-likeness (QED) is 0.452. The van der Waals surface area contributed by atoms with Gasteiger partial charge in [0.05, 0.1) is 0 Å². The molecule has 0 aliphatic rings. The van der Waals surface area contributed by atoms with Crippen LogP contribution in [0.15, 0.2) is 0 Å². The number of hydrogen-bond acceptors (Lipinski definition) is 0. The second kappa shape index (κ2) is 16.9. The zero-order valence-electron chi connectivity index (χ0n) is 0.905. The van der Waals surface area contributed by atoms with Crippen LogP contribution >= 0.6 is 0 Å². The van der Waals surface area contributed by atoms with Gasteiger partial charge < -0.3 is 0 Å². The van der Waals surface area contributed by atoms with E-state index in [1.165, 1.54) is 0 Å². The van der Waals surface area contributed by atoms with E-state index in [0.29, 0.717) is 0 Å². The molecule has 0 atom stereocenters. The molecule has 0 aliphatic carbocycles. The van der Waals surface area contributed by atoms with E-state index in [1.807, 2.05) is 0 Å². The van der Waals surface area contributed by atoms with Gasteiger partial charge >= 0.3 is 19.8 Å². The molecule has 0 amide bonds. The van der Waals surface area contributed by atoms with Gasteiger partial charge in [-0.2, -0.15) is 0 Å². The molecule has 0 saturated carbocycles. The maximum atomic E-state index is 0. The van der Waals surface area contributed by atoms with Crippen molar-refractivity contribution in [3.05, 3.63) is 0 Å². The van der Waals surface area contributed by atoms with Gasteiger partial charge in [-0.05, 0) is 0 Å². The van der Waals surface area contributed by atoms with E-state index in [2.05, 4.69) is 0 Å². The van der Waals surface area contributed by atoms with Crippen LogP contribution in [0.1, 0.15) is 0 Å². The van der Waals surface area contributed by atoms with Crippen molar-refractivity contribution in [2.75, 3.05) is 0 Å². The molecule has 0 fully saturated rings. The summed E-state index contributed by atoms with van der Waals surface area (Å²) in [5.41, 5.74) is 0. The summed E-state index contributed by atoms with van der Waals surface area (Å²) < 4.78 is 0. The van der Waals surface area contributed by atoms with Crippen LogP contribution in [-0.2, 0) is 67.1 Å². The Morgan fingerprint density at radius 3 is 0.500 bits per heavy atom. The summed E-state index contributed by atoms with van der Waals surface area (Å²) >= 11 is 0. The molecule has 3 radical (unpaired) electrons. The third-order valence-electron chi connectivity index (χ3n) is 0. The predicted molar refractivity (Wildman–Crippen MR) is 9.94 cm³/mol. The fourth-order valence-electron chi connectivity index (χ4n) is 0. The summed E-state index contributed by atoms with van der Waals surface area (Å²) in [6.07, 6.45) is 0. The van der Waals surface area contributed by atoms with E-state index in [-0.39, 0.29) is 86.9 Å². The van der Waals surface area contributed by atoms with Gasteiger partial charge in [0.1, 0.15) is 0 Å². The van der Waals surface area contributed by atoms with E-state index < -0.39 is 0 Å². The van der Waals surface area contributed by atoms with Crippen LogP contribution < -0.4 is 0 Å².